The van der Waals surface area contributed by atoms with Crippen molar-refractivity contribution >= 4 is 32.7 Å². The molecule has 4 rings (SSSR count). The number of hydrogen-bond donors (Lipinski definition) is 0. The Morgan fingerprint density at radius 2 is 1.77 bits per heavy atom. The van der Waals surface area contributed by atoms with Crippen molar-refractivity contribution in [1.82, 2.24) is 14.1 Å². The van der Waals surface area contributed by atoms with Crippen molar-refractivity contribution in [3.63, 3.8) is 0 Å². The molecule has 31 heavy (non-hydrogen) atoms. The Kier molecular flexibility index (Phi) is 5.05. The summed E-state index contributed by atoms with van der Waals surface area (Å²) in [6, 6.07) is 14.2. The summed E-state index contributed by atoms with van der Waals surface area (Å²) in [6.07, 6.45) is 1.68. The number of imidazole rings is 1. The van der Waals surface area contributed by atoms with Crippen molar-refractivity contribution < 1.29 is 4.92 Å². The maximum Gasteiger partial charge on any atom is 0.339 e. The first kappa shape index (κ1) is 21.0. The second kappa shape index (κ2) is 7.46. The maximum absolute atomic E-state index is 13.7. The van der Waals surface area contributed by atoms with Crippen molar-refractivity contribution in [2.45, 2.75) is 33.1 Å². The summed E-state index contributed by atoms with van der Waals surface area (Å²) >= 11 is 3.45. The lowest BCUT2D eigenvalue weighted by molar-refractivity contribution is -0.385. The van der Waals surface area contributed by atoms with E-state index in [1.807, 2.05) is 24.3 Å². The van der Waals surface area contributed by atoms with E-state index in [-0.39, 0.29) is 16.8 Å². The molecule has 0 aliphatic carbocycles. The molecule has 0 unspecified atom stereocenters. The standard InChI is InChI=1S/C23H21BrN4O3/c1-14-6-5-7-18(21(14)28(30)31)26-19-13-16(24)8-9-17(19)27(22(26)29)20-12-15(10-11-25-20)23(2,3)4/h5-13H,1-4H3. The summed E-state index contributed by atoms with van der Waals surface area (Å²) in [4.78, 5) is 29.5. The van der Waals surface area contributed by atoms with Crippen LogP contribution < -0.4 is 5.69 Å². The minimum atomic E-state index is -0.448. The summed E-state index contributed by atoms with van der Waals surface area (Å²) in [7, 11) is 0. The van der Waals surface area contributed by atoms with E-state index in [4.69, 9.17) is 0 Å². The highest BCUT2D eigenvalue weighted by Gasteiger charge is 2.25. The average Bonchev–Trinajstić information content (AvgIpc) is 2.97. The SMILES string of the molecule is Cc1cccc(-n2c(=O)n(-c3cc(C(C)(C)C)ccn3)c3ccc(Br)cc32)c1[N+](=O)[O-]. The molecular weight excluding hydrogens is 460 g/mol. The number of nitro groups is 1. The summed E-state index contributed by atoms with van der Waals surface area (Å²) < 4.78 is 3.65. The fourth-order valence-electron chi connectivity index (χ4n) is 3.69. The molecule has 4 aromatic rings. The van der Waals surface area contributed by atoms with Crippen molar-refractivity contribution in [2.75, 3.05) is 0 Å². The molecule has 0 radical (unpaired) electrons. The largest absolute Gasteiger partial charge is 0.339 e. The lowest BCUT2D eigenvalue weighted by atomic mass is 9.88. The van der Waals surface area contributed by atoms with Crippen LogP contribution in [-0.2, 0) is 5.41 Å². The number of fused-ring (bicyclic) bond motifs is 1. The van der Waals surface area contributed by atoms with Gasteiger partial charge in [0.15, 0.2) is 0 Å². The van der Waals surface area contributed by atoms with Crippen LogP contribution in [0.4, 0.5) is 5.69 Å². The zero-order valence-electron chi connectivity index (χ0n) is 17.6. The van der Waals surface area contributed by atoms with Gasteiger partial charge in [-0.25, -0.2) is 14.3 Å². The quantitative estimate of drug-likeness (QED) is 0.288. The van der Waals surface area contributed by atoms with Crippen molar-refractivity contribution in [3.05, 3.63) is 90.9 Å². The highest BCUT2D eigenvalue weighted by atomic mass is 79.9. The Bertz CT molecular complexity index is 1400. The van der Waals surface area contributed by atoms with Crippen LogP contribution in [0.1, 0.15) is 31.9 Å². The third kappa shape index (κ3) is 3.57. The Morgan fingerprint density at radius 3 is 2.45 bits per heavy atom. The van der Waals surface area contributed by atoms with Crippen LogP contribution in [0.25, 0.3) is 22.5 Å². The lowest BCUT2D eigenvalue weighted by Gasteiger charge is -2.19. The molecule has 0 saturated heterocycles. The number of aryl methyl sites for hydroxylation is 1. The summed E-state index contributed by atoms with van der Waals surface area (Å²) in [5.74, 6) is 0.471. The molecule has 0 amide bonds. The van der Waals surface area contributed by atoms with Gasteiger partial charge in [-0.05, 0) is 54.3 Å². The number of para-hydroxylation sites is 1. The van der Waals surface area contributed by atoms with Crippen LogP contribution in [0.3, 0.4) is 0 Å². The van der Waals surface area contributed by atoms with Gasteiger partial charge in [0.1, 0.15) is 11.5 Å². The van der Waals surface area contributed by atoms with E-state index in [9.17, 15) is 14.9 Å². The topological polar surface area (TPSA) is 83.0 Å². The minimum absolute atomic E-state index is 0.0972. The van der Waals surface area contributed by atoms with Crippen LogP contribution in [-0.4, -0.2) is 19.0 Å². The van der Waals surface area contributed by atoms with Gasteiger partial charge >= 0.3 is 5.69 Å². The number of rotatable bonds is 3. The number of hydrogen-bond acceptors (Lipinski definition) is 4. The number of nitro benzene ring substituents is 1. The van der Waals surface area contributed by atoms with Gasteiger partial charge in [-0.3, -0.25) is 14.7 Å². The van der Waals surface area contributed by atoms with Crippen LogP contribution in [0.2, 0.25) is 0 Å². The number of benzene rings is 2. The van der Waals surface area contributed by atoms with Crippen LogP contribution in [0.15, 0.2) is 64.0 Å². The first-order valence-corrected chi connectivity index (χ1v) is 10.5. The predicted molar refractivity (Wildman–Crippen MR) is 124 cm³/mol. The van der Waals surface area contributed by atoms with Gasteiger partial charge in [0, 0.05) is 16.2 Å². The second-order valence-electron chi connectivity index (χ2n) is 8.44. The maximum atomic E-state index is 13.7. The van der Waals surface area contributed by atoms with Gasteiger partial charge in [-0.1, -0.05) is 48.8 Å². The number of pyridine rings is 1. The van der Waals surface area contributed by atoms with E-state index in [2.05, 4.69) is 41.7 Å². The lowest BCUT2D eigenvalue weighted by Crippen LogP contribution is -2.24. The van der Waals surface area contributed by atoms with Crippen LogP contribution in [0.5, 0.6) is 0 Å². The summed E-state index contributed by atoms with van der Waals surface area (Å²) in [5.41, 5.74) is 2.27. The fraction of sp³-hybridized carbons (Fsp3) is 0.217. The van der Waals surface area contributed by atoms with Crippen molar-refractivity contribution in [1.29, 1.82) is 0 Å². The fourth-order valence-corrected chi connectivity index (χ4v) is 4.04. The molecule has 2 aromatic carbocycles. The normalized spacial score (nSPS) is 11.8. The molecule has 2 heterocycles. The van der Waals surface area contributed by atoms with Crippen molar-refractivity contribution in [2.24, 2.45) is 0 Å². The molecule has 0 aliphatic rings. The predicted octanol–water partition coefficient (Wildman–Crippen LogP) is 5.45. The first-order valence-electron chi connectivity index (χ1n) is 9.74. The van der Waals surface area contributed by atoms with Crippen LogP contribution >= 0.6 is 15.9 Å². The van der Waals surface area contributed by atoms with Gasteiger partial charge in [-0.2, -0.15) is 0 Å². The minimum Gasteiger partial charge on any atom is -0.258 e. The Morgan fingerprint density at radius 1 is 1.03 bits per heavy atom. The van der Waals surface area contributed by atoms with Gasteiger partial charge in [0.25, 0.3) is 5.69 Å². The molecular formula is C23H21BrN4O3. The third-order valence-corrected chi connectivity index (χ3v) is 5.78. The Hall–Kier alpha value is -3.26. The molecule has 0 atom stereocenters. The molecule has 8 heteroatoms. The molecule has 0 fully saturated rings. The molecule has 7 nitrogen and oxygen atoms in total. The van der Waals surface area contributed by atoms with E-state index in [1.54, 1.807) is 37.4 Å². The average molecular weight is 481 g/mol. The monoisotopic (exact) mass is 480 g/mol. The van der Waals surface area contributed by atoms with Crippen molar-refractivity contribution in [3.8, 4) is 11.5 Å². The van der Waals surface area contributed by atoms with Gasteiger partial charge in [0.05, 0.1) is 16.0 Å². The number of halogens is 1. The Labute approximate surface area is 187 Å². The second-order valence-corrected chi connectivity index (χ2v) is 9.35. The molecule has 0 saturated carbocycles. The van der Waals surface area contributed by atoms with E-state index in [1.165, 1.54) is 9.13 Å². The van der Waals surface area contributed by atoms with Gasteiger partial charge in [-0.15, -0.1) is 0 Å². The summed E-state index contributed by atoms with van der Waals surface area (Å²) in [6.45, 7) is 7.93. The van der Waals surface area contributed by atoms with E-state index in [0.717, 1.165) is 10.0 Å². The van der Waals surface area contributed by atoms with Gasteiger partial charge in [0.2, 0.25) is 0 Å². The molecule has 0 N–H and O–H groups in total. The van der Waals surface area contributed by atoms with E-state index in [0.29, 0.717) is 22.4 Å². The first-order chi connectivity index (χ1) is 14.6. The summed E-state index contributed by atoms with van der Waals surface area (Å²) in [5, 5.41) is 11.8. The van der Waals surface area contributed by atoms with E-state index < -0.39 is 10.6 Å². The third-order valence-electron chi connectivity index (χ3n) is 5.28. The number of nitrogens with zero attached hydrogens (tertiary/aromatic N) is 4. The highest BCUT2D eigenvalue weighted by molar-refractivity contribution is 9.10. The smallest absolute Gasteiger partial charge is 0.258 e. The van der Waals surface area contributed by atoms with Gasteiger partial charge < -0.3 is 0 Å². The number of aromatic nitrogens is 3. The van der Waals surface area contributed by atoms with E-state index >= 15 is 0 Å². The Balaban J connectivity index is 2.12. The zero-order valence-corrected chi connectivity index (χ0v) is 19.2. The molecule has 158 valence electrons. The highest BCUT2D eigenvalue weighted by Crippen LogP contribution is 2.31. The molecule has 0 aliphatic heterocycles. The zero-order chi connectivity index (χ0) is 22.5. The molecule has 0 bridgehead atoms. The van der Waals surface area contributed by atoms with Crippen LogP contribution in [0, 0.1) is 17.0 Å². The molecule has 2 aromatic heterocycles. The molecule has 0 spiro atoms.